The normalized spacial score (nSPS) is 13.7. The molecule has 0 bridgehead atoms. The maximum atomic E-state index is 14.2. The second-order valence-corrected chi connectivity index (χ2v) is 7.95. The molecule has 1 aliphatic rings. The van der Waals surface area contributed by atoms with E-state index in [4.69, 9.17) is 9.47 Å². The van der Waals surface area contributed by atoms with Gasteiger partial charge in [0, 0.05) is 30.5 Å². The smallest absolute Gasteiger partial charge is 0.419 e. The van der Waals surface area contributed by atoms with Gasteiger partial charge in [0.1, 0.15) is 17.1 Å². The highest BCUT2D eigenvalue weighted by atomic mass is 19.4. The minimum absolute atomic E-state index is 0.0673. The van der Waals surface area contributed by atoms with E-state index in [1.54, 1.807) is 25.3 Å². The Hall–Kier alpha value is -4.19. The summed E-state index contributed by atoms with van der Waals surface area (Å²) in [7, 11) is 1.55. The minimum atomic E-state index is -4.78. The molecular formula is C25H23F4N5O3. The highest BCUT2D eigenvalue weighted by Gasteiger charge is 2.35. The summed E-state index contributed by atoms with van der Waals surface area (Å²) in [5.74, 6) is -1.02. The van der Waals surface area contributed by atoms with Crippen LogP contribution in [0.3, 0.4) is 0 Å². The molecule has 2 aromatic carbocycles. The van der Waals surface area contributed by atoms with Crippen molar-refractivity contribution in [3.63, 3.8) is 0 Å². The van der Waals surface area contributed by atoms with Gasteiger partial charge in [0.2, 0.25) is 11.9 Å². The van der Waals surface area contributed by atoms with Gasteiger partial charge in [0.25, 0.3) is 0 Å². The molecule has 4 rings (SSSR count). The SMILES string of the molecule is C=CC(=O)Nc1cc(-c2nc(Nc3ccc(OC)c(N4CCOCC4)c3)ncc2C(F)(F)F)ccc1F. The molecule has 0 unspecified atom stereocenters. The summed E-state index contributed by atoms with van der Waals surface area (Å²) < 4.78 is 66.4. The van der Waals surface area contributed by atoms with Gasteiger partial charge in [-0.1, -0.05) is 6.58 Å². The van der Waals surface area contributed by atoms with E-state index in [1.807, 2.05) is 0 Å². The van der Waals surface area contributed by atoms with Crippen LogP contribution in [0.2, 0.25) is 0 Å². The first-order valence-corrected chi connectivity index (χ1v) is 11.1. The van der Waals surface area contributed by atoms with Crippen LogP contribution in [-0.4, -0.2) is 49.3 Å². The Morgan fingerprint density at radius 2 is 1.95 bits per heavy atom. The number of nitrogens with one attached hydrogen (secondary N) is 2. The number of benzene rings is 2. The Balaban J connectivity index is 1.72. The second-order valence-electron chi connectivity index (χ2n) is 7.95. The number of aromatic nitrogens is 2. The van der Waals surface area contributed by atoms with Crippen LogP contribution < -0.4 is 20.3 Å². The third-order valence-electron chi connectivity index (χ3n) is 5.56. The van der Waals surface area contributed by atoms with Crippen molar-refractivity contribution in [3.8, 4) is 17.0 Å². The van der Waals surface area contributed by atoms with Gasteiger partial charge in [0.15, 0.2) is 0 Å². The van der Waals surface area contributed by atoms with Gasteiger partial charge in [0.05, 0.1) is 37.4 Å². The van der Waals surface area contributed by atoms with E-state index >= 15 is 0 Å². The van der Waals surface area contributed by atoms with Crippen molar-refractivity contribution in [2.24, 2.45) is 0 Å². The molecule has 2 heterocycles. The lowest BCUT2D eigenvalue weighted by molar-refractivity contribution is -0.137. The van der Waals surface area contributed by atoms with Crippen LogP contribution in [0.15, 0.2) is 55.3 Å². The summed E-state index contributed by atoms with van der Waals surface area (Å²) >= 11 is 0. The number of methoxy groups -OCH3 is 1. The van der Waals surface area contributed by atoms with Crippen LogP contribution in [0.4, 0.5) is 40.6 Å². The zero-order valence-electron chi connectivity index (χ0n) is 19.7. The molecule has 2 N–H and O–H groups in total. The van der Waals surface area contributed by atoms with Gasteiger partial charge in [-0.25, -0.2) is 14.4 Å². The number of amides is 1. The molecule has 0 radical (unpaired) electrons. The summed E-state index contributed by atoms with van der Waals surface area (Å²) in [6.45, 7) is 5.69. The molecule has 0 aliphatic carbocycles. The molecule has 0 atom stereocenters. The number of hydrogen-bond donors (Lipinski definition) is 2. The summed E-state index contributed by atoms with van der Waals surface area (Å²) in [5.41, 5.74) is -0.679. The third kappa shape index (κ3) is 5.97. The average molecular weight is 517 g/mol. The summed E-state index contributed by atoms with van der Waals surface area (Å²) in [5, 5.41) is 5.16. The lowest BCUT2D eigenvalue weighted by Crippen LogP contribution is -2.36. The van der Waals surface area contributed by atoms with Gasteiger partial charge in [-0.15, -0.1) is 0 Å². The highest BCUT2D eigenvalue weighted by molar-refractivity contribution is 5.99. The maximum Gasteiger partial charge on any atom is 0.419 e. The molecule has 1 fully saturated rings. The molecule has 8 nitrogen and oxygen atoms in total. The average Bonchev–Trinajstić information content (AvgIpc) is 2.89. The molecule has 1 aliphatic heterocycles. The topological polar surface area (TPSA) is 88.6 Å². The number of morpholine rings is 1. The number of nitrogens with zero attached hydrogens (tertiary/aromatic N) is 3. The fraction of sp³-hybridized carbons (Fsp3) is 0.240. The Labute approximate surface area is 209 Å². The van der Waals surface area contributed by atoms with E-state index in [9.17, 15) is 22.4 Å². The fourth-order valence-corrected chi connectivity index (χ4v) is 3.77. The molecule has 0 saturated carbocycles. The summed E-state index contributed by atoms with van der Waals surface area (Å²) in [4.78, 5) is 21.6. The second kappa shape index (κ2) is 10.8. The van der Waals surface area contributed by atoms with Crippen molar-refractivity contribution in [2.45, 2.75) is 6.18 Å². The number of halogens is 4. The van der Waals surface area contributed by atoms with Gasteiger partial charge in [-0.05, 0) is 42.5 Å². The molecule has 194 valence electrons. The minimum Gasteiger partial charge on any atom is -0.495 e. The van der Waals surface area contributed by atoms with Crippen LogP contribution in [0.5, 0.6) is 5.75 Å². The van der Waals surface area contributed by atoms with E-state index in [1.165, 1.54) is 0 Å². The fourth-order valence-electron chi connectivity index (χ4n) is 3.77. The number of carbonyl (C=O) groups excluding carboxylic acids is 1. The largest absolute Gasteiger partial charge is 0.495 e. The molecule has 1 amide bonds. The molecule has 0 spiro atoms. The van der Waals surface area contributed by atoms with Crippen molar-refractivity contribution >= 4 is 28.9 Å². The van der Waals surface area contributed by atoms with Crippen molar-refractivity contribution < 1.29 is 31.8 Å². The summed E-state index contributed by atoms with van der Waals surface area (Å²) in [6, 6.07) is 8.36. The number of ether oxygens (including phenoxy) is 2. The van der Waals surface area contributed by atoms with E-state index < -0.39 is 29.2 Å². The van der Waals surface area contributed by atoms with Crippen LogP contribution in [0.25, 0.3) is 11.3 Å². The number of anilines is 4. The van der Waals surface area contributed by atoms with E-state index in [0.717, 1.165) is 30.0 Å². The Bertz CT molecular complexity index is 1310. The Morgan fingerprint density at radius 3 is 2.62 bits per heavy atom. The predicted molar refractivity (Wildman–Crippen MR) is 131 cm³/mol. The maximum absolute atomic E-state index is 14.2. The Kier molecular flexibility index (Phi) is 7.58. The first-order chi connectivity index (χ1) is 17.7. The van der Waals surface area contributed by atoms with E-state index in [0.29, 0.717) is 43.9 Å². The van der Waals surface area contributed by atoms with Crippen molar-refractivity contribution in [2.75, 3.05) is 48.9 Å². The lowest BCUT2D eigenvalue weighted by Gasteiger charge is -2.30. The zero-order valence-corrected chi connectivity index (χ0v) is 19.7. The summed E-state index contributed by atoms with van der Waals surface area (Å²) in [6.07, 6.45) is -3.21. The lowest BCUT2D eigenvalue weighted by atomic mass is 10.1. The molecular weight excluding hydrogens is 494 g/mol. The standard InChI is InChI=1S/C25H23F4N5O3/c1-3-22(35)32-19-12-15(4-6-18(19)26)23-17(25(27,28)29)14-30-24(33-23)31-16-5-7-21(36-2)20(13-16)34-8-10-37-11-9-34/h3-7,12-14H,1,8-11H2,2H3,(H,32,35)(H,30,31,33). The number of hydrogen-bond acceptors (Lipinski definition) is 7. The first kappa shape index (κ1) is 25.9. The monoisotopic (exact) mass is 517 g/mol. The highest BCUT2D eigenvalue weighted by Crippen LogP contribution is 2.38. The number of rotatable bonds is 7. The van der Waals surface area contributed by atoms with Crippen LogP contribution in [0.1, 0.15) is 5.56 Å². The predicted octanol–water partition coefficient (Wildman–Crippen LogP) is 5.01. The number of carbonyl (C=O) groups is 1. The third-order valence-corrected chi connectivity index (χ3v) is 5.56. The van der Waals surface area contributed by atoms with Crippen molar-refractivity contribution in [1.82, 2.24) is 9.97 Å². The van der Waals surface area contributed by atoms with E-state index in [2.05, 4.69) is 32.1 Å². The van der Waals surface area contributed by atoms with Crippen molar-refractivity contribution in [1.29, 1.82) is 0 Å². The molecule has 3 aromatic rings. The van der Waals surface area contributed by atoms with Gasteiger partial charge >= 0.3 is 6.18 Å². The molecule has 1 saturated heterocycles. The first-order valence-electron chi connectivity index (χ1n) is 11.1. The Morgan fingerprint density at radius 1 is 1.19 bits per heavy atom. The van der Waals surface area contributed by atoms with Crippen LogP contribution >= 0.6 is 0 Å². The van der Waals surface area contributed by atoms with Crippen LogP contribution in [-0.2, 0) is 15.7 Å². The van der Waals surface area contributed by atoms with Gasteiger partial charge < -0.3 is 25.0 Å². The zero-order chi connectivity index (χ0) is 26.6. The molecule has 1 aromatic heterocycles. The van der Waals surface area contributed by atoms with Crippen LogP contribution in [0, 0.1) is 5.82 Å². The quantitative estimate of drug-likeness (QED) is 0.336. The molecule has 37 heavy (non-hydrogen) atoms. The van der Waals surface area contributed by atoms with E-state index in [-0.39, 0.29) is 17.2 Å². The molecule has 12 heteroatoms. The van der Waals surface area contributed by atoms with Gasteiger partial charge in [-0.2, -0.15) is 13.2 Å². The number of alkyl halides is 3. The van der Waals surface area contributed by atoms with Crippen molar-refractivity contribution in [3.05, 3.63) is 66.6 Å². The van der Waals surface area contributed by atoms with Gasteiger partial charge in [-0.3, -0.25) is 4.79 Å².